The third kappa shape index (κ3) is 1.81. The van der Waals surface area contributed by atoms with Gasteiger partial charge >= 0.3 is 0 Å². The Bertz CT molecular complexity index is 770. The largest absolute Gasteiger partial charge is 0.282 e. The lowest BCUT2D eigenvalue weighted by Crippen LogP contribution is -1.98. The van der Waals surface area contributed by atoms with Gasteiger partial charge in [-0.2, -0.15) is 0 Å². The second kappa shape index (κ2) is 4.13. The molecule has 7 heteroatoms. The summed E-state index contributed by atoms with van der Waals surface area (Å²) in [4.78, 5) is 18.2. The van der Waals surface area contributed by atoms with Crippen LogP contribution in [0, 0.1) is 15.9 Å². The molecule has 3 rings (SSSR count). The van der Waals surface area contributed by atoms with Crippen molar-refractivity contribution in [1.82, 2.24) is 14.5 Å². The maximum atomic E-state index is 13.8. The number of aromatic nitrogens is 3. The molecule has 0 amide bonds. The first-order valence-corrected chi connectivity index (χ1v) is 5.39. The van der Waals surface area contributed by atoms with Crippen LogP contribution < -0.4 is 0 Å². The number of halogens is 1. The monoisotopic (exact) mass is 258 g/mol. The Balaban J connectivity index is 2.26. The predicted octanol–water partition coefficient (Wildman–Crippen LogP) is 2.47. The van der Waals surface area contributed by atoms with Crippen LogP contribution in [0.1, 0.15) is 0 Å². The van der Waals surface area contributed by atoms with Crippen LogP contribution in [0.15, 0.2) is 42.9 Å². The number of fused-ring (bicyclic) bond motifs is 1. The predicted molar refractivity (Wildman–Crippen MR) is 65.5 cm³/mol. The summed E-state index contributed by atoms with van der Waals surface area (Å²) in [6, 6.07) is 5.65. The van der Waals surface area contributed by atoms with Gasteiger partial charge in [-0.25, -0.2) is 14.4 Å². The van der Waals surface area contributed by atoms with Crippen LogP contribution in [0.5, 0.6) is 0 Å². The fraction of sp³-hybridized carbons (Fsp3) is 0. The lowest BCUT2D eigenvalue weighted by Gasteiger charge is -2.01. The first-order valence-electron chi connectivity index (χ1n) is 5.39. The molecule has 2 aromatic heterocycles. The highest BCUT2D eigenvalue weighted by molar-refractivity contribution is 5.84. The van der Waals surface area contributed by atoms with Crippen molar-refractivity contribution in [2.45, 2.75) is 0 Å². The molecule has 0 saturated heterocycles. The van der Waals surface area contributed by atoms with Crippen LogP contribution in [0.4, 0.5) is 10.1 Å². The second-order valence-corrected chi connectivity index (χ2v) is 3.85. The molecule has 19 heavy (non-hydrogen) atoms. The van der Waals surface area contributed by atoms with Crippen LogP contribution >= 0.6 is 0 Å². The SMILES string of the molecule is O=[N+]([O-])c1ccc2c(c1)c(F)cn2-c1ncccn1. The van der Waals surface area contributed by atoms with E-state index in [0.29, 0.717) is 11.5 Å². The summed E-state index contributed by atoms with van der Waals surface area (Å²) in [5, 5.41) is 10.9. The number of nitro groups is 1. The molecule has 0 aliphatic heterocycles. The van der Waals surface area contributed by atoms with Crippen molar-refractivity contribution in [2.24, 2.45) is 0 Å². The van der Waals surface area contributed by atoms with Crippen LogP contribution in [-0.4, -0.2) is 19.5 Å². The van der Waals surface area contributed by atoms with Gasteiger partial charge in [0.05, 0.1) is 10.4 Å². The van der Waals surface area contributed by atoms with Gasteiger partial charge in [-0.3, -0.25) is 14.7 Å². The molecule has 0 N–H and O–H groups in total. The summed E-state index contributed by atoms with van der Waals surface area (Å²) in [6.07, 6.45) is 4.29. The van der Waals surface area contributed by atoms with E-state index in [1.54, 1.807) is 6.07 Å². The van der Waals surface area contributed by atoms with Gasteiger partial charge in [0.2, 0.25) is 5.95 Å². The molecule has 0 spiro atoms. The Labute approximate surface area is 106 Å². The van der Waals surface area contributed by atoms with E-state index >= 15 is 0 Å². The van der Waals surface area contributed by atoms with Crippen molar-refractivity contribution in [2.75, 3.05) is 0 Å². The van der Waals surface area contributed by atoms with Gasteiger partial charge in [-0.1, -0.05) is 0 Å². The molecule has 94 valence electrons. The van der Waals surface area contributed by atoms with E-state index in [0.717, 1.165) is 0 Å². The maximum Gasteiger partial charge on any atom is 0.270 e. The fourth-order valence-corrected chi connectivity index (χ4v) is 1.87. The summed E-state index contributed by atoms with van der Waals surface area (Å²) < 4.78 is 15.3. The number of hydrogen-bond acceptors (Lipinski definition) is 4. The summed E-state index contributed by atoms with van der Waals surface area (Å²) in [5.41, 5.74) is 0.326. The first kappa shape index (κ1) is 11.3. The van der Waals surface area contributed by atoms with E-state index < -0.39 is 10.7 Å². The van der Waals surface area contributed by atoms with Crippen molar-refractivity contribution >= 4 is 16.6 Å². The minimum atomic E-state index is -0.560. The van der Waals surface area contributed by atoms with Gasteiger partial charge in [-0.15, -0.1) is 0 Å². The van der Waals surface area contributed by atoms with E-state index in [-0.39, 0.29) is 11.1 Å². The topological polar surface area (TPSA) is 73.8 Å². The minimum absolute atomic E-state index is 0.155. The normalized spacial score (nSPS) is 10.8. The molecule has 0 aliphatic carbocycles. The highest BCUT2D eigenvalue weighted by atomic mass is 19.1. The molecule has 0 aliphatic rings. The number of nitro benzene ring substituents is 1. The molecule has 3 aromatic rings. The minimum Gasteiger partial charge on any atom is -0.282 e. The van der Waals surface area contributed by atoms with Crippen LogP contribution in [0.2, 0.25) is 0 Å². The lowest BCUT2D eigenvalue weighted by molar-refractivity contribution is -0.384. The highest BCUT2D eigenvalue weighted by Crippen LogP contribution is 2.26. The van der Waals surface area contributed by atoms with E-state index in [9.17, 15) is 14.5 Å². The van der Waals surface area contributed by atoms with Crippen molar-refractivity contribution in [3.8, 4) is 5.95 Å². The second-order valence-electron chi connectivity index (χ2n) is 3.85. The highest BCUT2D eigenvalue weighted by Gasteiger charge is 2.15. The summed E-state index contributed by atoms with van der Waals surface area (Å²) in [6.45, 7) is 0. The summed E-state index contributed by atoms with van der Waals surface area (Å²) in [7, 11) is 0. The summed E-state index contributed by atoms with van der Waals surface area (Å²) in [5.74, 6) is -0.239. The smallest absolute Gasteiger partial charge is 0.270 e. The van der Waals surface area contributed by atoms with Gasteiger partial charge in [0.1, 0.15) is 5.82 Å². The zero-order chi connectivity index (χ0) is 13.4. The molecule has 0 bridgehead atoms. The van der Waals surface area contributed by atoms with Crippen LogP contribution in [0.3, 0.4) is 0 Å². The van der Waals surface area contributed by atoms with Crippen molar-refractivity contribution in [1.29, 1.82) is 0 Å². The molecule has 0 saturated carbocycles. The molecule has 0 atom stereocenters. The quantitative estimate of drug-likeness (QED) is 0.522. The zero-order valence-corrected chi connectivity index (χ0v) is 9.52. The standard InChI is InChI=1S/C12H7FN4O2/c13-10-7-16(12-14-4-1-5-15-12)11-3-2-8(17(18)19)6-9(10)11/h1-7H. The molecule has 0 fully saturated rings. The average Bonchev–Trinajstić information content (AvgIpc) is 2.77. The molecule has 2 heterocycles. The van der Waals surface area contributed by atoms with Gasteiger partial charge in [0.15, 0.2) is 0 Å². The van der Waals surface area contributed by atoms with Gasteiger partial charge < -0.3 is 0 Å². The molecule has 0 unspecified atom stereocenters. The van der Waals surface area contributed by atoms with Crippen molar-refractivity contribution in [3.05, 3.63) is 58.8 Å². The van der Waals surface area contributed by atoms with Gasteiger partial charge in [0.25, 0.3) is 5.69 Å². The fourth-order valence-electron chi connectivity index (χ4n) is 1.87. The number of rotatable bonds is 2. The number of non-ortho nitro benzene ring substituents is 1. The van der Waals surface area contributed by atoms with Gasteiger partial charge in [0, 0.05) is 36.1 Å². The lowest BCUT2D eigenvalue weighted by atomic mass is 10.2. The number of benzene rings is 1. The molecular formula is C12H7FN4O2. The Hall–Kier alpha value is -2.83. The third-order valence-electron chi connectivity index (χ3n) is 2.72. The first-order chi connectivity index (χ1) is 9.16. The van der Waals surface area contributed by atoms with E-state index in [4.69, 9.17) is 0 Å². The van der Waals surface area contributed by atoms with Crippen molar-refractivity contribution in [3.63, 3.8) is 0 Å². The van der Waals surface area contributed by atoms with E-state index in [1.807, 2.05) is 0 Å². The number of hydrogen-bond donors (Lipinski definition) is 0. The summed E-state index contributed by atoms with van der Waals surface area (Å²) >= 11 is 0. The molecule has 0 radical (unpaired) electrons. The number of nitrogens with zero attached hydrogens (tertiary/aromatic N) is 4. The molecule has 1 aromatic carbocycles. The van der Waals surface area contributed by atoms with Crippen molar-refractivity contribution < 1.29 is 9.31 Å². The maximum absolute atomic E-state index is 13.8. The Morgan fingerprint density at radius 2 is 2.00 bits per heavy atom. The van der Waals surface area contributed by atoms with Gasteiger partial charge in [-0.05, 0) is 12.1 Å². The van der Waals surface area contributed by atoms with Crippen LogP contribution in [0.25, 0.3) is 16.9 Å². The Morgan fingerprint density at radius 3 is 2.68 bits per heavy atom. The third-order valence-corrected chi connectivity index (χ3v) is 2.72. The Morgan fingerprint density at radius 1 is 1.26 bits per heavy atom. The Kier molecular flexibility index (Phi) is 2.45. The average molecular weight is 258 g/mol. The molecule has 6 nitrogen and oxygen atoms in total. The van der Waals surface area contributed by atoms with E-state index in [1.165, 1.54) is 41.4 Å². The zero-order valence-electron chi connectivity index (χ0n) is 9.52. The van der Waals surface area contributed by atoms with E-state index in [2.05, 4.69) is 9.97 Å². The van der Waals surface area contributed by atoms with Crippen LogP contribution in [-0.2, 0) is 0 Å². The molecular weight excluding hydrogens is 251 g/mol.